The molecule has 206 valence electrons. The summed E-state index contributed by atoms with van der Waals surface area (Å²) in [7, 11) is -7.92. The topological polar surface area (TPSA) is 119 Å². The van der Waals surface area contributed by atoms with Gasteiger partial charge in [0.2, 0.25) is 0 Å². The van der Waals surface area contributed by atoms with Crippen LogP contribution in [0.5, 0.6) is 0 Å². The number of fused-ring (bicyclic) bond motifs is 2. The third-order valence-electron chi connectivity index (χ3n) is 6.61. The Morgan fingerprint density at radius 1 is 0.548 bits per heavy atom. The van der Waals surface area contributed by atoms with Gasteiger partial charge in [0.1, 0.15) is 0 Å². The van der Waals surface area contributed by atoms with Crippen LogP contribution >= 0.6 is 0 Å². The molecule has 6 rings (SSSR count). The largest absolute Gasteiger partial charge is 0.282 e. The van der Waals surface area contributed by atoms with Gasteiger partial charge in [0.05, 0.1) is 21.0 Å². The van der Waals surface area contributed by atoms with Crippen molar-refractivity contribution in [1.29, 1.82) is 0 Å². The van der Waals surface area contributed by atoms with E-state index in [1.165, 1.54) is 36.7 Å². The van der Waals surface area contributed by atoms with E-state index in [0.29, 0.717) is 38.7 Å². The summed E-state index contributed by atoms with van der Waals surface area (Å²) >= 11 is 0. The molecule has 2 aromatic heterocycles. The summed E-state index contributed by atoms with van der Waals surface area (Å²) in [5, 5.41) is 2.30. The molecule has 0 spiro atoms. The van der Waals surface area contributed by atoms with E-state index in [2.05, 4.69) is 18.8 Å². The lowest BCUT2D eigenvalue weighted by Gasteiger charge is -2.09. The van der Waals surface area contributed by atoms with Crippen molar-refractivity contribution in [3.63, 3.8) is 0 Å². The Labute approximate surface area is 242 Å². The maximum absolute atomic E-state index is 13.2. The monoisotopic (exact) mass is 590 g/mol. The van der Waals surface area contributed by atoms with Crippen LogP contribution < -0.4 is 0 Å². The number of nitrogens with zero attached hydrogens (tertiary/aromatic N) is 4. The van der Waals surface area contributed by atoms with Gasteiger partial charge in [-0.15, -0.1) is 0 Å². The number of hydrogen-bond acceptors (Lipinski definition) is 6. The number of pyridine rings is 2. The molecule has 0 amide bonds. The highest BCUT2D eigenvalue weighted by Gasteiger charge is 2.16. The van der Waals surface area contributed by atoms with E-state index in [0.717, 1.165) is 5.39 Å². The van der Waals surface area contributed by atoms with Crippen molar-refractivity contribution >= 4 is 54.2 Å². The number of hydrogen-bond donors (Lipinski definition) is 0. The van der Waals surface area contributed by atoms with Crippen LogP contribution in [-0.2, 0) is 20.0 Å². The van der Waals surface area contributed by atoms with Crippen LogP contribution in [0, 0.1) is 0 Å². The van der Waals surface area contributed by atoms with Gasteiger partial charge in [-0.1, -0.05) is 72.8 Å². The molecular formula is C32H22N4O4S2. The first-order valence-corrected chi connectivity index (χ1v) is 15.7. The smallest absolute Gasteiger partial charge is 0.256 e. The lowest BCUT2D eigenvalue weighted by molar-refractivity contribution is 0.596. The van der Waals surface area contributed by atoms with Crippen molar-refractivity contribution in [2.45, 2.75) is 9.79 Å². The standard InChI is InChI=1S/C32H22N4O4S2/c37-41(38,27-13-2-1-3-14-27)35-21-25-10-6-16-30-29(25)17-19-34-32(30)24-9-5-15-28(20-24)42(39,40)36-22-26-11-4-8-23-12-7-18-33-31(23)26/h1-22H/b35-21+,36-22+. The minimum absolute atomic E-state index is 0.00919. The molecule has 2 heterocycles. The summed E-state index contributed by atoms with van der Waals surface area (Å²) in [6.07, 6.45) is 5.86. The minimum atomic E-state index is -4.04. The fraction of sp³-hybridized carbons (Fsp3) is 0. The second-order valence-electron chi connectivity index (χ2n) is 9.28. The predicted molar refractivity (Wildman–Crippen MR) is 165 cm³/mol. The van der Waals surface area contributed by atoms with Gasteiger partial charge in [0.25, 0.3) is 20.0 Å². The molecule has 0 aliphatic heterocycles. The Bertz CT molecular complexity index is 2230. The van der Waals surface area contributed by atoms with Gasteiger partial charge in [0.15, 0.2) is 0 Å². The van der Waals surface area contributed by atoms with Crippen molar-refractivity contribution in [2.24, 2.45) is 8.80 Å². The van der Waals surface area contributed by atoms with E-state index < -0.39 is 20.0 Å². The molecule has 0 unspecified atom stereocenters. The van der Waals surface area contributed by atoms with Gasteiger partial charge >= 0.3 is 0 Å². The molecule has 0 aliphatic rings. The molecule has 4 aromatic carbocycles. The fourth-order valence-corrected chi connectivity index (χ4v) is 6.35. The molecule has 6 aromatic rings. The van der Waals surface area contributed by atoms with E-state index in [9.17, 15) is 16.8 Å². The van der Waals surface area contributed by atoms with Crippen molar-refractivity contribution in [2.75, 3.05) is 0 Å². The molecule has 42 heavy (non-hydrogen) atoms. The zero-order valence-corrected chi connectivity index (χ0v) is 23.6. The van der Waals surface area contributed by atoms with Crippen LogP contribution in [0.4, 0.5) is 0 Å². The highest BCUT2D eigenvalue weighted by Crippen LogP contribution is 2.30. The molecule has 0 N–H and O–H groups in total. The molecular weight excluding hydrogens is 569 g/mol. The van der Waals surface area contributed by atoms with Crippen molar-refractivity contribution in [3.05, 3.63) is 133 Å². The first kappa shape index (κ1) is 27.1. The number of benzene rings is 4. The molecule has 10 heteroatoms. The molecule has 0 saturated heterocycles. The third-order valence-corrected chi connectivity index (χ3v) is 9.09. The number of rotatable bonds is 7. The molecule has 0 atom stereocenters. The maximum atomic E-state index is 13.2. The van der Waals surface area contributed by atoms with Crippen LogP contribution in [-0.4, -0.2) is 39.2 Å². The fourth-order valence-electron chi connectivity index (χ4n) is 4.58. The third kappa shape index (κ3) is 5.45. The lowest BCUT2D eigenvalue weighted by atomic mass is 10.0. The van der Waals surface area contributed by atoms with Gasteiger partial charge in [-0.05, 0) is 41.8 Å². The molecule has 8 nitrogen and oxygen atoms in total. The first-order valence-electron chi connectivity index (χ1n) is 12.8. The molecule has 0 bridgehead atoms. The van der Waals surface area contributed by atoms with E-state index in [1.807, 2.05) is 30.3 Å². The second kappa shape index (κ2) is 11.1. The van der Waals surface area contributed by atoms with Crippen LogP contribution in [0.25, 0.3) is 32.9 Å². The van der Waals surface area contributed by atoms with Crippen LogP contribution in [0.2, 0.25) is 0 Å². The number of aromatic nitrogens is 2. The van der Waals surface area contributed by atoms with Crippen LogP contribution in [0.15, 0.2) is 140 Å². The molecule has 0 radical (unpaired) electrons. The van der Waals surface area contributed by atoms with Gasteiger partial charge < -0.3 is 0 Å². The summed E-state index contributed by atoms with van der Waals surface area (Å²) in [4.78, 5) is 8.98. The Balaban J connectivity index is 1.35. The highest BCUT2D eigenvalue weighted by molar-refractivity contribution is 7.90. The highest BCUT2D eigenvalue weighted by atomic mass is 32.2. The maximum Gasteiger partial charge on any atom is 0.282 e. The summed E-state index contributed by atoms with van der Waals surface area (Å²) in [5.41, 5.74) is 2.92. The van der Waals surface area contributed by atoms with E-state index in [-0.39, 0.29) is 9.79 Å². The molecule has 0 saturated carbocycles. The molecule has 0 aliphatic carbocycles. The molecule has 0 fully saturated rings. The second-order valence-corrected chi connectivity index (χ2v) is 12.5. The van der Waals surface area contributed by atoms with E-state index in [4.69, 9.17) is 0 Å². The average molecular weight is 591 g/mol. The zero-order chi connectivity index (χ0) is 29.2. The summed E-state index contributed by atoms with van der Waals surface area (Å²) < 4.78 is 59.7. The average Bonchev–Trinajstić information content (AvgIpc) is 3.03. The zero-order valence-electron chi connectivity index (χ0n) is 21.9. The summed E-state index contributed by atoms with van der Waals surface area (Å²) in [6.45, 7) is 0. The van der Waals surface area contributed by atoms with Crippen LogP contribution in [0.1, 0.15) is 11.1 Å². The minimum Gasteiger partial charge on any atom is -0.256 e. The quantitative estimate of drug-likeness (QED) is 0.208. The van der Waals surface area contributed by atoms with E-state index in [1.54, 1.807) is 67.0 Å². The van der Waals surface area contributed by atoms with Crippen molar-refractivity contribution < 1.29 is 16.8 Å². The normalized spacial score (nSPS) is 12.5. The SMILES string of the molecule is O=S(=O)(/N=C/c1cccc2c(-c3cccc(S(=O)(=O)/N=C/c4cccc5cccnc45)c3)nccc12)c1ccccc1. The Morgan fingerprint density at radius 3 is 2.05 bits per heavy atom. The first-order chi connectivity index (χ1) is 20.3. The summed E-state index contributed by atoms with van der Waals surface area (Å²) in [6, 6.07) is 30.7. The van der Waals surface area contributed by atoms with E-state index >= 15 is 0 Å². The van der Waals surface area contributed by atoms with Crippen molar-refractivity contribution in [1.82, 2.24) is 9.97 Å². The van der Waals surface area contributed by atoms with Crippen LogP contribution in [0.3, 0.4) is 0 Å². The predicted octanol–water partition coefficient (Wildman–Crippen LogP) is 6.07. The van der Waals surface area contributed by atoms with Gasteiger partial charge in [-0.2, -0.15) is 25.6 Å². The van der Waals surface area contributed by atoms with Gasteiger partial charge in [-0.3, -0.25) is 9.97 Å². The van der Waals surface area contributed by atoms with Crippen molar-refractivity contribution in [3.8, 4) is 11.3 Å². The van der Waals surface area contributed by atoms with Gasteiger partial charge in [0, 0.05) is 52.3 Å². The Kier molecular flexibility index (Phi) is 7.15. The Hall–Kier alpha value is -5.06. The Morgan fingerprint density at radius 2 is 1.21 bits per heavy atom. The number of sulfonamides is 2. The lowest BCUT2D eigenvalue weighted by Crippen LogP contribution is -1.99. The van der Waals surface area contributed by atoms with Gasteiger partial charge in [-0.25, -0.2) is 0 Å². The summed E-state index contributed by atoms with van der Waals surface area (Å²) in [5.74, 6) is 0. The number of para-hydroxylation sites is 1.